The Morgan fingerprint density at radius 2 is 2.06 bits per heavy atom. The highest BCUT2D eigenvalue weighted by Crippen LogP contribution is 2.13. The Morgan fingerprint density at radius 1 is 1.41 bits per heavy atom. The van der Waals surface area contributed by atoms with Gasteiger partial charge in [-0.25, -0.2) is 0 Å². The van der Waals surface area contributed by atoms with E-state index in [-0.39, 0.29) is 30.2 Å². The summed E-state index contributed by atoms with van der Waals surface area (Å²) in [6.07, 6.45) is 1.85. The molecule has 1 amide bonds. The highest BCUT2D eigenvalue weighted by Gasteiger charge is 2.30. The molecule has 0 unspecified atom stereocenters. The van der Waals surface area contributed by atoms with Crippen molar-refractivity contribution in [1.82, 2.24) is 10.2 Å². The maximum absolute atomic E-state index is 12.1. The molecule has 0 spiro atoms. The molecule has 1 fully saturated rings. The Labute approximate surface area is 104 Å². The maximum Gasteiger partial charge on any atom is 0.240 e. The monoisotopic (exact) mass is 240 g/mol. The number of amides is 1. The van der Waals surface area contributed by atoms with Gasteiger partial charge in [0.2, 0.25) is 5.91 Å². The number of carbonyl (C=O) groups excluding carboxylic acids is 2. The summed E-state index contributed by atoms with van der Waals surface area (Å²) in [5.74, 6) is 0.226. The summed E-state index contributed by atoms with van der Waals surface area (Å²) >= 11 is 0. The highest BCUT2D eigenvalue weighted by molar-refractivity contribution is 5.89. The van der Waals surface area contributed by atoms with Gasteiger partial charge in [0.1, 0.15) is 0 Å². The summed E-state index contributed by atoms with van der Waals surface area (Å²) in [4.78, 5) is 25.5. The van der Waals surface area contributed by atoms with E-state index in [9.17, 15) is 9.59 Å². The average Bonchev–Trinajstić information content (AvgIpc) is 2.23. The lowest BCUT2D eigenvalue weighted by Gasteiger charge is -2.33. The first-order valence-corrected chi connectivity index (χ1v) is 6.49. The summed E-state index contributed by atoms with van der Waals surface area (Å²) in [7, 11) is 0. The first-order chi connectivity index (χ1) is 7.91. The minimum absolute atomic E-state index is 0.00114. The molecule has 1 aliphatic heterocycles. The molecule has 1 rings (SSSR count). The predicted molar refractivity (Wildman–Crippen MR) is 67.7 cm³/mol. The summed E-state index contributed by atoms with van der Waals surface area (Å²) < 4.78 is 0. The number of likely N-dealkylation sites (tertiary alicyclic amines) is 1. The zero-order valence-corrected chi connectivity index (χ0v) is 11.3. The second-order valence-corrected chi connectivity index (χ2v) is 5.40. The van der Waals surface area contributed by atoms with Crippen LogP contribution in [-0.4, -0.2) is 41.8 Å². The van der Waals surface area contributed by atoms with Crippen molar-refractivity contribution in [3.8, 4) is 0 Å². The van der Waals surface area contributed by atoms with E-state index in [1.165, 1.54) is 0 Å². The number of nitrogens with one attached hydrogen (secondary N) is 1. The van der Waals surface area contributed by atoms with Gasteiger partial charge in [-0.15, -0.1) is 0 Å². The van der Waals surface area contributed by atoms with Crippen LogP contribution in [-0.2, 0) is 9.59 Å². The number of hydrogen-bond donors (Lipinski definition) is 1. The molecule has 1 N–H and O–H groups in total. The molecule has 1 atom stereocenters. The average molecular weight is 240 g/mol. The number of rotatable bonds is 5. The normalized spacial score (nSPS) is 21.4. The van der Waals surface area contributed by atoms with E-state index >= 15 is 0 Å². The second-order valence-electron chi connectivity index (χ2n) is 5.40. The van der Waals surface area contributed by atoms with Crippen molar-refractivity contribution in [2.45, 2.75) is 52.6 Å². The molecule has 4 heteroatoms. The van der Waals surface area contributed by atoms with Gasteiger partial charge in [0.15, 0.2) is 5.78 Å². The van der Waals surface area contributed by atoms with Gasteiger partial charge in [0.25, 0.3) is 0 Å². The third-order valence-electron chi connectivity index (χ3n) is 3.06. The maximum atomic E-state index is 12.1. The Kier molecular flexibility index (Phi) is 5.12. The molecule has 1 saturated heterocycles. The molecule has 0 aliphatic carbocycles. The van der Waals surface area contributed by atoms with E-state index < -0.39 is 0 Å². The molecule has 4 nitrogen and oxygen atoms in total. The first-order valence-electron chi connectivity index (χ1n) is 6.49. The van der Waals surface area contributed by atoms with Crippen molar-refractivity contribution < 1.29 is 9.59 Å². The summed E-state index contributed by atoms with van der Waals surface area (Å²) in [6.45, 7) is 8.80. The number of piperidine rings is 1. The van der Waals surface area contributed by atoms with E-state index in [0.29, 0.717) is 12.6 Å². The molecule has 0 saturated carbocycles. The molecule has 0 aromatic carbocycles. The van der Waals surface area contributed by atoms with Gasteiger partial charge >= 0.3 is 0 Å². The Balaban J connectivity index is 2.56. The molecule has 1 aliphatic rings. The number of ketones is 1. The topological polar surface area (TPSA) is 49.4 Å². The molecule has 0 aromatic rings. The fourth-order valence-electron chi connectivity index (χ4n) is 2.02. The van der Waals surface area contributed by atoms with Crippen molar-refractivity contribution in [2.24, 2.45) is 5.92 Å². The molecule has 0 aromatic heterocycles. The van der Waals surface area contributed by atoms with Crippen LogP contribution in [0.2, 0.25) is 0 Å². The van der Waals surface area contributed by atoms with E-state index in [1.54, 1.807) is 4.90 Å². The lowest BCUT2D eigenvalue weighted by molar-refractivity contribution is -0.140. The van der Waals surface area contributed by atoms with Crippen LogP contribution < -0.4 is 5.32 Å². The number of hydrogen-bond acceptors (Lipinski definition) is 3. The van der Waals surface area contributed by atoms with Crippen molar-refractivity contribution in [3.05, 3.63) is 0 Å². The van der Waals surface area contributed by atoms with Crippen LogP contribution >= 0.6 is 0 Å². The third kappa shape index (κ3) is 4.11. The molecule has 98 valence electrons. The summed E-state index contributed by atoms with van der Waals surface area (Å²) in [5.41, 5.74) is 0. The molecule has 0 radical (unpaired) electrons. The Bertz CT molecular complexity index is 287. The van der Waals surface area contributed by atoms with Crippen LogP contribution in [0.5, 0.6) is 0 Å². The lowest BCUT2D eigenvalue weighted by atomic mass is 10.0. The van der Waals surface area contributed by atoms with Crippen molar-refractivity contribution >= 4 is 11.7 Å². The minimum atomic E-state index is -0.108. The van der Waals surface area contributed by atoms with Gasteiger partial charge < -0.3 is 10.2 Å². The fourth-order valence-corrected chi connectivity index (χ4v) is 2.02. The summed E-state index contributed by atoms with van der Waals surface area (Å²) in [5, 5.41) is 3.26. The van der Waals surface area contributed by atoms with Crippen molar-refractivity contribution in [1.29, 1.82) is 0 Å². The molecule has 0 bridgehead atoms. The SMILES string of the molecule is CC(C)N[C@@H]1CCCN(CC(=O)C(C)C)C1=O. The lowest BCUT2D eigenvalue weighted by Crippen LogP contribution is -2.53. The Morgan fingerprint density at radius 3 is 2.59 bits per heavy atom. The van der Waals surface area contributed by atoms with Gasteiger partial charge in [-0.3, -0.25) is 9.59 Å². The molecule has 17 heavy (non-hydrogen) atoms. The predicted octanol–water partition coefficient (Wildman–Crippen LogP) is 1.20. The van der Waals surface area contributed by atoms with Crippen LogP contribution in [0.25, 0.3) is 0 Å². The quantitative estimate of drug-likeness (QED) is 0.785. The molecule has 1 heterocycles. The van der Waals surface area contributed by atoms with Gasteiger partial charge in [-0.1, -0.05) is 27.7 Å². The zero-order valence-electron chi connectivity index (χ0n) is 11.3. The van der Waals surface area contributed by atoms with Crippen LogP contribution in [0, 0.1) is 5.92 Å². The Hall–Kier alpha value is -0.900. The molecular weight excluding hydrogens is 216 g/mol. The van der Waals surface area contributed by atoms with E-state index in [1.807, 2.05) is 27.7 Å². The zero-order chi connectivity index (χ0) is 13.0. The third-order valence-corrected chi connectivity index (χ3v) is 3.06. The van der Waals surface area contributed by atoms with Gasteiger partial charge in [0.05, 0.1) is 12.6 Å². The highest BCUT2D eigenvalue weighted by atomic mass is 16.2. The van der Waals surface area contributed by atoms with Gasteiger partial charge in [-0.05, 0) is 12.8 Å². The number of carbonyl (C=O) groups is 2. The van der Waals surface area contributed by atoms with Crippen LogP contribution in [0.4, 0.5) is 0 Å². The largest absolute Gasteiger partial charge is 0.334 e. The first kappa shape index (κ1) is 14.2. The smallest absolute Gasteiger partial charge is 0.240 e. The number of nitrogens with zero attached hydrogens (tertiary/aromatic N) is 1. The van der Waals surface area contributed by atoms with Gasteiger partial charge in [-0.2, -0.15) is 0 Å². The van der Waals surface area contributed by atoms with E-state index in [0.717, 1.165) is 12.8 Å². The van der Waals surface area contributed by atoms with Gasteiger partial charge in [0, 0.05) is 18.5 Å². The van der Waals surface area contributed by atoms with Crippen molar-refractivity contribution in [3.63, 3.8) is 0 Å². The van der Waals surface area contributed by atoms with E-state index in [4.69, 9.17) is 0 Å². The van der Waals surface area contributed by atoms with Crippen LogP contribution in [0.15, 0.2) is 0 Å². The fraction of sp³-hybridized carbons (Fsp3) is 0.846. The van der Waals surface area contributed by atoms with Crippen molar-refractivity contribution in [2.75, 3.05) is 13.1 Å². The summed E-state index contributed by atoms with van der Waals surface area (Å²) in [6, 6.07) is 0.188. The second kappa shape index (κ2) is 6.15. The van der Waals surface area contributed by atoms with Crippen LogP contribution in [0.3, 0.4) is 0 Å². The number of Topliss-reactive ketones (excluding diaryl/α,β-unsaturated/α-hetero) is 1. The standard InChI is InChI=1S/C13H24N2O2/c1-9(2)12(16)8-15-7-5-6-11(13(15)17)14-10(3)4/h9-11,14H,5-8H2,1-4H3/t11-/m1/s1. The minimum Gasteiger partial charge on any atom is -0.334 e. The molecular formula is C13H24N2O2. The van der Waals surface area contributed by atoms with Crippen LogP contribution in [0.1, 0.15) is 40.5 Å². The van der Waals surface area contributed by atoms with E-state index in [2.05, 4.69) is 5.32 Å².